The van der Waals surface area contributed by atoms with Crippen LogP contribution < -0.4 is 0 Å². The van der Waals surface area contributed by atoms with E-state index >= 15 is 0 Å². The van der Waals surface area contributed by atoms with Crippen molar-refractivity contribution in [3.05, 3.63) is 0 Å². The zero-order valence-electron chi connectivity index (χ0n) is 27.3. The molecule has 0 radical (unpaired) electrons. The van der Waals surface area contributed by atoms with Crippen LogP contribution in [-0.2, 0) is 0 Å². The number of hydrogen-bond acceptors (Lipinski definition) is 1. The standard InChI is InChI=1S/C37H76O/c1-4-7-10-13-16-19-22-25-28-31-34-37(38,35-32-29-26-23-20-17-14-11-8-5-2)36-33-30-27-24-21-18-15-12-9-6-3/h38H,4-36H2,1-3H3. The van der Waals surface area contributed by atoms with E-state index in [0.29, 0.717) is 0 Å². The van der Waals surface area contributed by atoms with E-state index < -0.39 is 0 Å². The van der Waals surface area contributed by atoms with E-state index in [1.165, 1.54) is 193 Å². The van der Waals surface area contributed by atoms with Gasteiger partial charge < -0.3 is 5.11 Å². The third-order valence-electron chi connectivity index (χ3n) is 8.99. The van der Waals surface area contributed by atoms with E-state index in [4.69, 9.17) is 0 Å². The molecular weight excluding hydrogens is 460 g/mol. The molecule has 0 aliphatic carbocycles. The second kappa shape index (κ2) is 31.5. The van der Waals surface area contributed by atoms with Crippen LogP contribution in [0.3, 0.4) is 0 Å². The molecule has 230 valence electrons. The van der Waals surface area contributed by atoms with Gasteiger partial charge in [-0.3, -0.25) is 0 Å². The number of hydrogen-bond donors (Lipinski definition) is 1. The largest absolute Gasteiger partial charge is 0.390 e. The van der Waals surface area contributed by atoms with Gasteiger partial charge in [0.05, 0.1) is 5.60 Å². The first kappa shape index (κ1) is 38.0. The molecular formula is C37H76O. The van der Waals surface area contributed by atoms with Crippen molar-refractivity contribution in [1.82, 2.24) is 0 Å². The summed E-state index contributed by atoms with van der Waals surface area (Å²) in [5.74, 6) is 0. The monoisotopic (exact) mass is 537 g/mol. The van der Waals surface area contributed by atoms with Crippen molar-refractivity contribution in [3.63, 3.8) is 0 Å². The molecule has 1 N–H and O–H groups in total. The lowest BCUT2D eigenvalue weighted by Gasteiger charge is -2.29. The molecule has 0 saturated carbocycles. The minimum atomic E-state index is -0.375. The maximum Gasteiger partial charge on any atom is 0.0647 e. The summed E-state index contributed by atoms with van der Waals surface area (Å²) in [7, 11) is 0. The molecule has 0 aliphatic heterocycles. The Balaban J connectivity index is 4.06. The number of aliphatic hydroxyl groups is 1. The molecule has 1 nitrogen and oxygen atoms in total. The van der Waals surface area contributed by atoms with Gasteiger partial charge >= 0.3 is 0 Å². The zero-order chi connectivity index (χ0) is 27.8. The summed E-state index contributed by atoms with van der Waals surface area (Å²) in [6.45, 7) is 6.90. The van der Waals surface area contributed by atoms with Crippen molar-refractivity contribution >= 4 is 0 Å². The SMILES string of the molecule is CCCCCCCCCCCCC(O)(CCCCCCCCCCCC)CCCCCCCCCCCC. The van der Waals surface area contributed by atoms with Crippen molar-refractivity contribution in [3.8, 4) is 0 Å². The second-order valence-corrected chi connectivity index (χ2v) is 13.0. The Morgan fingerprint density at radius 1 is 0.263 bits per heavy atom. The predicted molar refractivity (Wildman–Crippen MR) is 174 cm³/mol. The van der Waals surface area contributed by atoms with Gasteiger partial charge in [0, 0.05) is 0 Å². The van der Waals surface area contributed by atoms with Crippen LogP contribution in [0, 0.1) is 0 Å². The lowest BCUT2D eigenvalue weighted by Crippen LogP contribution is -2.28. The van der Waals surface area contributed by atoms with Crippen LogP contribution in [0.2, 0.25) is 0 Å². The van der Waals surface area contributed by atoms with Gasteiger partial charge in [0.2, 0.25) is 0 Å². The summed E-state index contributed by atoms with van der Waals surface area (Å²) in [6, 6.07) is 0. The van der Waals surface area contributed by atoms with E-state index in [2.05, 4.69) is 20.8 Å². The van der Waals surface area contributed by atoms with Crippen LogP contribution in [0.5, 0.6) is 0 Å². The summed E-state index contributed by atoms with van der Waals surface area (Å²) >= 11 is 0. The summed E-state index contributed by atoms with van der Waals surface area (Å²) < 4.78 is 0. The Bertz CT molecular complexity index is 357. The van der Waals surface area contributed by atoms with Gasteiger partial charge in [-0.25, -0.2) is 0 Å². The van der Waals surface area contributed by atoms with Crippen LogP contribution in [-0.4, -0.2) is 10.7 Å². The fraction of sp³-hybridized carbons (Fsp3) is 1.00. The molecule has 0 aliphatic rings. The predicted octanol–water partition coefficient (Wildman–Crippen LogP) is 13.7. The average Bonchev–Trinajstić information content (AvgIpc) is 2.92. The van der Waals surface area contributed by atoms with Gasteiger partial charge in [-0.05, 0) is 19.3 Å². The Labute approximate surface area is 243 Å². The Morgan fingerprint density at radius 2 is 0.421 bits per heavy atom. The van der Waals surface area contributed by atoms with Crippen LogP contribution in [0.25, 0.3) is 0 Å². The van der Waals surface area contributed by atoms with E-state index in [1.807, 2.05) is 0 Å². The zero-order valence-corrected chi connectivity index (χ0v) is 27.3. The first-order valence-electron chi connectivity index (χ1n) is 18.4. The molecule has 38 heavy (non-hydrogen) atoms. The van der Waals surface area contributed by atoms with Gasteiger partial charge in [-0.1, -0.05) is 213 Å². The molecule has 0 unspecified atom stereocenters. The smallest absolute Gasteiger partial charge is 0.0647 e. The first-order chi connectivity index (χ1) is 18.7. The Hall–Kier alpha value is -0.0400. The van der Waals surface area contributed by atoms with Crippen molar-refractivity contribution in [2.24, 2.45) is 0 Å². The van der Waals surface area contributed by atoms with E-state index in [1.54, 1.807) is 0 Å². The molecule has 0 heterocycles. The molecule has 0 aromatic heterocycles. The minimum Gasteiger partial charge on any atom is -0.390 e. The second-order valence-electron chi connectivity index (χ2n) is 13.0. The molecule has 0 saturated heterocycles. The molecule has 1 heteroatoms. The molecule has 0 amide bonds. The van der Waals surface area contributed by atoms with Gasteiger partial charge in [-0.2, -0.15) is 0 Å². The third-order valence-corrected chi connectivity index (χ3v) is 8.99. The van der Waals surface area contributed by atoms with Gasteiger partial charge in [0.1, 0.15) is 0 Å². The summed E-state index contributed by atoms with van der Waals surface area (Å²) in [4.78, 5) is 0. The van der Waals surface area contributed by atoms with Crippen LogP contribution >= 0.6 is 0 Å². The summed E-state index contributed by atoms with van der Waals surface area (Å²) in [5, 5.41) is 11.6. The van der Waals surface area contributed by atoms with Crippen LogP contribution in [0.4, 0.5) is 0 Å². The highest BCUT2D eigenvalue weighted by Gasteiger charge is 2.25. The first-order valence-corrected chi connectivity index (χ1v) is 18.4. The highest BCUT2D eigenvalue weighted by Crippen LogP contribution is 2.29. The lowest BCUT2D eigenvalue weighted by atomic mass is 9.85. The lowest BCUT2D eigenvalue weighted by molar-refractivity contribution is 0.00704. The number of rotatable bonds is 33. The normalized spacial score (nSPS) is 12.0. The molecule has 0 spiro atoms. The summed E-state index contributed by atoms with van der Waals surface area (Å²) in [6.07, 6.45) is 44.6. The molecule has 0 atom stereocenters. The average molecular weight is 537 g/mol. The van der Waals surface area contributed by atoms with Gasteiger partial charge in [-0.15, -0.1) is 0 Å². The highest BCUT2D eigenvalue weighted by molar-refractivity contribution is 4.78. The minimum absolute atomic E-state index is 0.375. The van der Waals surface area contributed by atoms with Gasteiger partial charge in [0.25, 0.3) is 0 Å². The van der Waals surface area contributed by atoms with Crippen molar-refractivity contribution in [2.75, 3.05) is 0 Å². The van der Waals surface area contributed by atoms with E-state index in [-0.39, 0.29) is 5.60 Å². The maximum absolute atomic E-state index is 11.6. The topological polar surface area (TPSA) is 20.2 Å². The molecule has 0 aromatic rings. The molecule has 0 aromatic carbocycles. The summed E-state index contributed by atoms with van der Waals surface area (Å²) in [5.41, 5.74) is -0.375. The van der Waals surface area contributed by atoms with Crippen molar-refractivity contribution in [2.45, 2.75) is 238 Å². The fourth-order valence-corrected chi connectivity index (χ4v) is 6.20. The Morgan fingerprint density at radius 3 is 0.605 bits per heavy atom. The van der Waals surface area contributed by atoms with E-state index in [9.17, 15) is 5.11 Å². The molecule has 0 fully saturated rings. The fourth-order valence-electron chi connectivity index (χ4n) is 6.20. The third kappa shape index (κ3) is 29.0. The molecule has 0 bridgehead atoms. The number of unbranched alkanes of at least 4 members (excludes halogenated alkanes) is 27. The van der Waals surface area contributed by atoms with Gasteiger partial charge in [0.15, 0.2) is 0 Å². The highest BCUT2D eigenvalue weighted by atomic mass is 16.3. The maximum atomic E-state index is 11.6. The van der Waals surface area contributed by atoms with E-state index in [0.717, 1.165) is 19.3 Å². The Kier molecular flexibility index (Phi) is 31.5. The molecule has 0 rings (SSSR count). The van der Waals surface area contributed by atoms with Crippen molar-refractivity contribution < 1.29 is 5.11 Å². The van der Waals surface area contributed by atoms with Crippen LogP contribution in [0.1, 0.15) is 233 Å². The quantitative estimate of drug-likeness (QED) is 0.0827. The van der Waals surface area contributed by atoms with Crippen molar-refractivity contribution in [1.29, 1.82) is 0 Å². The van der Waals surface area contributed by atoms with Crippen LogP contribution in [0.15, 0.2) is 0 Å².